The summed E-state index contributed by atoms with van der Waals surface area (Å²) in [5, 5.41) is 0. The first kappa shape index (κ1) is 19.0. The van der Waals surface area contributed by atoms with Crippen LogP contribution in [0.1, 0.15) is 43.6 Å². The van der Waals surface area contributed by atoms with E-state index in [9.17, 15) is 24.0 Å². The number of primary amides is 1. The summed E-state index contributed by atoms with van der Waals surface area (Å²) < 4.78 is 60.3. The third-order valence-corrected chi connectivity index (χ3v) is 3.88. The summed E-state index contributed by atoms with van der Waals surface area (Å²) in [4.78, 5) is 65.4. The number of ether oxygens (including phenoxy) is 6. The van der Waals surface area contributed by atoms with Crippen molar-refractivity contribution in [2.75, 3.05) is 6.61 Å². The minimum atomic E-state index is -1.77. The molecule has 0 aromatic carbocycles. The molecule has 0 spiro atoms. The van der Waals surface area contributed by atoms with Crippen molar-refractivity contribution in [2.24, 2.45) is 5.73 Å². The molecule has 1 aliphatic heterocycles. The Hall–Kier alpha value is -3.68. The first-order valence-corrected chi connectivity index (χ1v) is 8.71. The van der Waals surface area contributed by atoms with E-state index in [1.54, 1.807) is 0 Å². The molecule has 0 saturated carbocycles. The molecule has 1 aromatic rings. The Kier molecular flexibility index (Phi) is 6.29. The third-order valence-electron chi connectivity index (χ3n) is 3.88. The van der Waals surface area contributed by atoms with E-state index in [1.807, 2.05) is 0 Å². The number of aromatic amines is 1. The van der Waals surface area contributed by atoms with Gasteiger partial charge < -0.3 is 39.1 Å². The van der Waals surface area contributed by atoms with Crippen molar-refractivity contribution in [1.82, 2.24) is 9.97 Å². The van der Waals surface area contributed by atoms with E-state index in [1.165, 1.54) is 0 Å². The second-order valence-electron chi connectivity index (χ2n) is 6.15. The molecule has 176 valence electrons. The molecule has 32 heavy (non-hydrogen) atoms. The lowest BCUT2D eigenvalue weighted by molar-refractivity contribution is -0.289. The highest BCUT2D eigenvalue weighted by Gasteiger charge is 2.53. The molecule has 0 bridgehead atoms. The van der Waals surface area contributed by atoms with E-state index in [2.05, 4.69) is 9.97 Å². The molecule has 1 unspecified atom stereocenters. The van der Waals surface area contributed by atoms with Crippen molar-refractivity contribution < 1.29 is 57.9 Å². The molecule has 1 amide bonds. The molecular weight excluding hydrogens is 434 g/mol. The lowest BCUT2D eigenvalue weighted by atomic mass is 9.98. The van der Waals surface area contributed by atoms with E-state index in [-0.39, 0.29) is 5.69 Å². The van der Waals surface area contributed by atoms with E-state index < -0.39 is 101 Å². The summed E-state index contributed by atoms with van der Waals surface area (Å²) in [5.41, 5.74) is 4.93. The van der Waals surface area contributed by atoms with Crippen LogP contribution in [0.15, 0.2) is 6.33 Å². The van der Waals surface area contributed by atoms with Crippen LogP contribution < -0.4 is 10.5 Å². The maximum Gasteiger partial charge on any atom is 0.303 e. The second-order valence-corrected chi connectivity index (χ2v) is 6.15. The number of imidazole rings is 1. The summed E-state index contributed by atoms with van der Waals surface area (Å²) in [6.45, 7) is -4.10. The number of aromatic nitrogens is 2. The first-order chi connectivity index (χ1) is 17.1. The van der Waals surface area contributed by atoms with Crippen LogP contribution in [0.3, 0.4) is 0 Å². The fourth-order valence-corrected chi connectivity index (χ4v) is 2.80. The Labute approximate surface area is 187 Å². The topological polar surface area (TPSA) is 195 Å². The van der Waals surface area contributed by atoms with Crippen LogP contribution in [-0.4, -0.2) is 77.1 Å². The Morgan fingerprint density at radius 3 is 2.19 bits per heavy atom. The van der Waals surface area contributed by atoms with Crippen LogP contribution in [0.5, 0.6) is 5.88 Å². The predicted molar refractivity (Wildman–Crippen MR) is 99.7 cm³/mol. The van der Waals surface area contributed by atoms with Gasteiger partial charge in [0.25, 0.3) is 5.91 Å². The third kappa shape index (κ3) is 6.41. The van der Waals surface area contributed by atoms with Gasteiger partial charge in [-0.1, -0.05) is 0 Å². The minimum absolute atomic E-state index is 0.316. The van der Waals surface area contributed by atoms with Crippen molar-refractivity contribution in [2.45, 2.75) is 58.3 Å². The highest BCUT2D eigenvalue weighted by atomic mass is 16.7. The normalized spacial score (nSPS) is 26.3. The first-order valence-electron chi connectivity index (χ1n) is 11.5. The van der Waals surface area contributed by atoms with Gasteiger partial charge >= 0.3 is 23.9 Å². The molecule has 1 fully saturated rings. The number of nitrogens with two attached hydrogens (primary N) is 1. The summed E-state index contributed by atoms with van der Waals surface area (Å²) >= 11 is 0. The fraction of sp³-hybridized carbons (Fsp3) is 0.556. The zero-order valence-corrected chi connectivity index (χ0v) is 16.5. The number of hydrogen-bond acceptors (Lipinski definition) is 12. The molecule has 1 aliphatic rings. The van der Waals surface area contributed by atoms with Crippen molar-refractivity contribution in [3.63, 3.8) is 0 Å². The number of carbonyl (C=O) groups is 5. The molecule has 0 aliphatic carbocycles. The SMILES string of the molecule is [2H]CC(=O)OC[C@H]1OC(Oc2nc[nH]c2C(N)=O)[C@@H](OC(=O)C[2H])[C@@H](OC(=O)C[2H])[C@@H]1OC(=O)C[2H]. The number of esters is 4. The van der Waals surface area contributed by atoms with Crippen LogP contribution in [0, 0.1) is 0 Å². The number of rotatable bonds is 8. The van der Waals surface area contributed by atoms with Crippen molar-refractivity contribution in [3.8, 4) is 5.88 Å². The van der Waals surface area contributed by atoms with Gasteiger partial charge in [-0.2, -0.15) is 0 Å². The summed E-state index contributed by atoms with van der Waals surface area (Å²) in [5.74, 6) is -5.83. The molecule has 1 saturated heterocycles. The molecule has 14 heteroatoms. The zero-order chi connectivity index (χ0) is 26.8. The van der Waals surface area contributed by atoms with Crippen molar-refractivity contribution in [3.05, 3.63) is 12.0 Å². The Morgan fingerprint density at radius 2 is 1.59 bits per heavy atom. The van der Waals surface area contributed by atoms with Gasteiger partial charge in [0, 0.05) is 33.1 Å². The van der Waals surface area contributed by atoms with E-state index in [0.29, 0.717) is 0 Å². The molecule has 1 aromatic heterocycles. The van der Waals surface area contributed by atoms with E-state index >= 15 is 0 Å². The fourth-order valence-electron chi connectivity index (χ4n) is 2.80. The van der Waals surface area contributed by atoms with Gasteiger partial charge in [-0.3, -0.25) is 24.0 Å². The Morgan fingerprint density at radius 1 is 1.00 bits per heavy atom. The van der Waals surface area contributed by atoms with Gasteiger partial charge in [-0.05, 0) is 0 Å². The van der Waals surface area contributed by atoms with E-state index in [4.69, 9.17) is 39.6 Å². The largest absolute Gasteiger partial charge is 0.463 e. The molecule has 14 nitrogen and oxygen atoms in total. The molecule has 2 heterocycles. The highest BCUT2D eigenvalue weighted by molar-refractivity contribution is 5.93. The molecule has 3 N–H and O–H groups in total. The van der Waals surface area contributed by atoms with Crippen molar-refractivity contribution >= 4 is 29.8 Å². The monoisotopic (exact) mass is 461 g/mol. The van der Waals surface area contributed by atoms with Crippen LogP contribution in [-0.2, 0) is 42.9 Å². The number of hydrogen-bond donors (Lipinski definition) is 2. The van der Waals surface area contributed by atoms with Gasteiger partial charge in [-0.15, -0.1) is 0 Å². The average Bonchev–Trinajstić information content (AvgIpc) is 3.33. The number of nitrogens with zero attached hydrogens (tertiary/aromatic N) is 1. The summed E-state index contributed by atoms with van der Waals surface area (Å²) in [6, 6.07) is 0. The highest BCUT2D eigenvalue weighted by Crippen LogP contribution is 2.31. The molecule has 0 radical (unpaired) electrons. The van der Waals surface area contributed by atoms with Crippen LogP contribution in [0.2, 0.25) is 0 Å². The molecular formula is C18H23N3O11. The predicted octanol–water partition coefficient (Wildman–Crippen LogP) is -1.03. The average molecular weight is 461 g/mol. The number of H-pyrrole nitrogens is 1. The number of nitrogens with one attached hydrogen (secondary N) is 1. The lowest BCUT2D eigenvalue weighted by Gasteiger charge is -2.43. The summed E-state index contributed by atoms with van der Waals surface area (Å²) in [7, 11) is 0. The second kappa shape index (κ2) is 10.6. The van der Waals surface area contributed by atoms with Gasteiger partial charge in [0.2, 0.25) is 18.3 Å². The van der Waals surface area contributed by atoms with Gasteiger partial charge in [0.05, 0.1) is 6.33 Å². The lowest BCUT2D eigenvalue weighted by Crippen LogP contribution is -2.63. The van der Waals surface area contributed by atoms with Crippen LogP contribution in [0.4, 0.5) is 0 Å². The smallest absolute Gasteiger partial charge is 0.303 e. The standard InChI is InChI=1S/C18H23N3O11/c1-7(22)27-5-11-13(28-8(2)23)14(29-9(3)24)15(30-10(4)25)18(31-11)32-17-12(16(19)26)20-6-21-17/h6,11,13-15,18H,5H2,1-4H3,(H2,19,26)(H,20,21)/t11-,13-,14+,15+,18?/m1/s1/i1D,2D,3D,4D. The molecule has 2 rings (SSSR count). The summed E-state index contributed by atoms with van der Waals surface area (Å²) in [6.07, 6.45) is -7.36. The Bertz CT molecular complexity index is 962. The van der Waals surface area contributed by atoms with Crippen LogP contribution >= 0.6 is 0 Å². The van der Waals surface area contributed by atoms with Gasteiger partial charge in [-0.25, -0.2) is 4.98 Å². The minimum Gasteiger partial charge on any atom is -0.463 e. The maximum absolute atomic E-state index is 12.0. The van der Waals surface area contributed by atoms with Crippen molar-refractivity contribution in [1.29, 1.82) is 0 Å². The van der Waals surface area contributed by atoms with Gasteiger partial charge in [0.15, 0.2) is 17.9 Å². The molecule has 5 atom stereocenters. The maximum atomic E-state index is 12.0. The zero-order valence-electron chi connectivity index (χ0n) is 20.5. The van der Waals surface area contributed by atoms with Crippen LogP contribution in [0.25, 0.3) is 0 Å². The Balaban J connectivity index is 2.53. The number of carbonyl (C=O) groups excluding carboxylic acids is 5. The number of amides is 1. The van der Waals surface area contributed by atoms with Gasteiger partial charge in [0.1, 0.15) is 12.7 Å². The quantitative estimate of drug-likeness (QED) is 0.353. The van der Waals surface area contributed by atoms with E-state index in [0.717, 1.165) is 6.33 Å².